The molecule has 0 heterocycles. The van der Waals surface area contributed by atoms with E-state index in [9.17, 15) is 9.59 Å². The molecule has 0 saturated heterocycles. The first-order chi connectivity index (χ1) is 12.8. The summed E-state index contributed by atoms with van der Waals surface area (Å²) in [4.78, 5) is 25.9. The molecule has 0 atom stereocenters. The number of anilines is 2. The number of amides is 2. The van der Waals surface area contributed by atoms with Gasteiger partial charge in [-0.05, 0) is 42.8 Å². The van der Waals surface area contributed by atoms with Crippen LogP contribution in [0.5, 0.6) is 11.5 Å². The molecule has 144 valence electrons. The van der Waals surface area contributed by atoms with Crippen molar-refractivity contribution in [2.24, 2.45) is 0 Å². The molecule has 0 bridgehead atoms. The van der Waals surface area contributed by atoms with Crippen molar-refractivity contribution < 1.29 is 19.1 Å². The summed E-state index contributed by atoms with van der Waals surface area (Å²) in [5, 5.41) is 3.46. The largest absolute Gasteiger partial charge is 0.493 e. The van der Waals surface area contributed by atoms with Crippen molar-refractivity contribution in [3.05, 3.63) is 47.0 Å². The Morgan fingerprint density at radius 2 is 1.78 bits per heavy atom. The van der Waals surface area contributed by atoms with Gasteiger partial charge in [-0.1, -0.05) is 11.6 Å². The third kappa shape index (κ3) is 5.37. The first-order valence-electron chi connectivity index (χ1n) is 8.42. The highest BCUT2D eigenvalue weighted by Crippen LogP contribution is 2.31. The second-order valence-electron chi connectivity index (χ2n) is 5.97. The molecule has 7 heteroatoms. The molecule has 2 amide bonds. The van der Waals surface area contributed by atoms with Crippen LogP contribution in [0, 0.1) is 6.92 Å². The number of aryl methyl sites for hydroxylation is 1. The Bertz CT molecular complexity index is 839. The first kappa shape index (κ1) is 20.6. The molecule has 27 heavy (non-hydrogen) atoms. The van der Waals surface area contributed by atoms with E-state index < -0.39 is 0 Å². The molecule has 0 spiro atoms. The van der Waals surface area contributed by atoms with E-state index in [0.717, 1.165) is 5.56 Å². The predicted molar refractivity (Wildman–Crippen MR) is 107 cm³/mol. The highest BCUT2D eigenvalue weighted by molar-refractivity contribution is 6.30. The Morgan fingerprint density at radius 1 is 1.07 bits per heavy atom. The van der Waals surface area contributed by atoms with Crippen LogP contribution in [-0.2, 0) is 9.59 Å². The number of benzene rings is 2. The van der Waals surface area contributed by atoms with Gasteiger partial charge < -0.3 is 19.7 Å². The molecule has 6 nitrogen and oxygen atoms in total. The van der Waals surface area contributed by atoms with Crippen molar-refractivity contribution >= 4 is 34.8 Å². The maximum Gasteiger partial charge on any atom is 0.226 e. The van der Waals surface area contributed by atoms with Crippen LogP contribution in [0.25, 0.3) is 0 Å². The zero-order valence-corrected chi connectivity index (χ0v) is 16.6. The van der Waals surface area contributed by atoms with Crippen molar-refractivity contribution in [1.29, 1.82) is 0 Å². The molecule has 0 saturated carbocycles. The minimum atomic E-state index is -0.188. The van der Waals surface area contributed by atoms with Crippen LogP contribution < -0.4 is 19.7 Å². The third-order valence-electron chi connectivity index (χ3n) is 4.08. The van der Waals surface area contributed by atoms with E-state index in [0.29, 0.717) is 27.9 Å². The van der Waals surface area contributed by atoms with E-state index >= 15 is 0 Å². The Hall–Kier alpha value is -2.73. The number of halogens is 1. The van der Waals surface area contributed by atoms with Gasteiger partial charge in [0.05, 0.1) is 14.2 Å². The SMILES string of the molecule is COc1ccc(N(CCC(=O)Nc2ccc(Cl)cc2C)C(C)=O)cc1OC. The normalized spacial score (nSPS) is 10.3. The van der Waals surface area contributed by atoms with Crippen LogP contribution in [0.15, 0.2) is 36.4 Å². The Kier molecular flexibility index (Phi) is 7.07. The summed E-state index contributed by atoms with van der Waals surface area (Å²) < 4.78 is 10.5. The molecule has 0 radical (unpaired) electrons. The van der Waals surface area contributed by atoms with Gasteiger partial charge >= 0.3 is 0 Å². The molecule has 0 unspecified atom stereocenters. The lowest BCUT2D eigenvalue weighted by molar-refractivity contribution is -0.117. The van der Waals surface area contributed by atoms with Gasteiger partial charge in [0.2, 0.25) is 11.8 Å². The topological polar surface area (TPSA) is 67.9 Å². The standard InChI is InChI=1S/C20H23ClN2O4/c1-13-11-15(21)5-7-17(13)22-20(25)9-10-23(14(2)24)16-6-8-18(26-3)19(12-16)27-4/h5-8,11-12H,9-10H2,1-4H3,(H,22,25). The number of carbonyl (C=O) groups is 2. The van der Waals surface area contributed by atoms with E-state index in [1.807, 2.05) is 6.92 Å². The summed E-state index contributed by atoms with van der Waals surface area (Å²) in [6, 6.07) is 10.4. The molecule has 0 aliphatic carbocycles. The van der Waals surface area contributed by atoms with Gasteiger partial charge in [0.1, 0.15) is 0 Å². The van der Waals surface area contributed by atoms with E-state index in [4.69, 9.17) is 21.1 Å². The van der Waals surface area contributed by atoms with Crippen LogP contribution >= 0.6 is 11.6 Å². The minimum Gasteiger partial charge on any atom is -0.493 e. The van der Waals surface area contributed by atoms with Gasteiger partial charge in [-0.3, -0.25) is 9.59 Å². The Labute approximate surface area is 164 Å². The maximum absolute atomic E-state index is 12.3. The van der Waals surface area contributed by atoms with Gasteiger partial charge in [-0.2, -0.15) is 0 Å². The maximum atomic E-state index is 12.3. The number of rotatable bonds is 7. The fraction of sp³-hybridized carbons (Fsp3) is 0.300. The number of carbonyl (C=O) groups excluding carboxylic acids is 2. The molecule has 2 rings (SSSR count). The second-order valence-corrected chi connectivity index (χ2v) is 6.40. The van der Waals surface area contributed by atoms with Gasteiger partial charge in [0.25, 0.3) is 0 Å². The van der Waals surface area contributed by atoms with Crippen molar-refractivity contribution in [3.8, 4) is 11.5 Å². The van der Waals surface area contributed by atoms with Crippen molar-refractivity contribution in [2.75, 3.05) is 31.0 Å². The molecule has 1 N–H and O–H groups in total. The van der Waals surface area contributed by atoms with Crippen molar-refractivity contribution in [2.45, 2.75) is 20.3 Å². The number of nitrogens with zero attached hydrogens (tertiary/aromatic N) is 1. The zero-order valence-electron chi connectivity index (χ0n) is 15.8. The molecule has 2 aromatic rings. The number of hydrogen-bond donors (Lipinski definition) is 1. The number of methoxy groups -OCH3 is 2. The van der Waals surface area contributed by atoms with Gasteiger partial charge in [-0.25, -0.2) is 0 Å². The second kappa shape index (κ2) is 9.28. The monoisotopic (exact) mass is 390 g/mol. The quantitative estimate of drug-likeness (QED) is 0.774. The summed E-state index contributed by atoms with van der Waals surface area (Å²) in [7, 11) is 3.07. The smallest absolute Gasteiger partial charge is 0.226 e. The van der Waals surface area contributed by atoms with Crippen LogP contribution in [-0.4, -0.2) is 32.6 Å². The molecule has 0 aromatic heterocycles. The third-order valence-corrected chi connectivity index (χ3v) is 4.32. The van der Waals surface area contributed by atoms with E-state index in [2.05, 4.69) is 5.32 Å². The molecule has 0 aliphatic heterocycles. The predicted octanol–water partition coefficient (Wildman–Crippen LogP) is 4.05. The molecular formula is C20H23ClN2O4. The molecule has 0 fully saturated rings. The van der Waals surface area contributed by atoms with Crippen LogP contribution in [0.1, 0.15) is 18.9 Å². The summed E-state index contributed by atoms with van der Waals surface area (Å²) in [5.74, 6) is 0.730. The van der Waals surface area contributed by atoms with Crippen molar-refractivity contribution in [1.82, 2.24) is 0 Å². The van der Waals surface area contributed by atoms with E-state index in [-0.39, 0.29) is 24.8 Å². The highest BCUT2D eigenvalue weighted by Gasteiger charge is 2.16. The van der Waals surface area contributed by atoms with Gasteiger partial charge in [-0.15, -0.1) is 0 Å². The zero-order chi connectivity index (χ0) is 20.0. The molecule has 2 aromatic carbocycles. The van der Waals surface area contributed by atoms with E-state index in [1.165, 1.54) is 18.9 Å². The number of hydrogen-bond acceptors (Lipinski definition) is 4. The van der Waals surface area contributed by atoms with Crippen LogP contribution in [0.4, 0.5) is 11.4 Å². The van der Waals surface area contributed by atoms with Gasteiger partial charge in [0, 0.05) is 42.4 Å². The molecular weight excluding hydrogens is 368 g/mol. The first-order valence-corrected chi connectivity index (χ1v) is 8.79. The van der Waals surface area contributed by atoms with Crippen LogP contribution in [0.3, 0.4) is 0 Å². The minimum absolute atomic E-state index is 0.149. The van der Waals surface area contributed by atoms with Gasteiger partial charge in [0.15, 0.2) is 11.5 Å². The molecule has 0 aliphatic rings. The number of ether oxygens (including phenoxy) is 2. The highest BCUT2D eigenvalue weighted by atomic mass is 35.5. The Morgan fingerprint density at radius 3 is 2.37 bits per heavy atom. The fourth-order valence-corrected chi connectivity index (χ4v) is 2.88. The summed E-state index contributed by atoms with van der Waals surface area (Å²) in [6.07, 6.45) is 0.149. The average molecular weight is 391 g/mol. The summed E-state index contributed by atoms with van der Waals surface area (Å²) in [5.41, 5.74) is 2.21. The fourth-order valence-electron chi connectivity index (χ4n) is 2.65. The van der Waals surface area contributed by atoms with Crippen LogP contribution in [0.2, 0.25) is 5.02 Å². The lowest BCUT2D eigenvalue weighted by Gasteiger charge is -2.22. The summed E-state index contributed by atoms with van der Waals surface area (Å²) >= 11 is 5.93. The average Bonchev–Trinajstić information content (AvgIpc) is 2.63. The van der Waals surface area contributed by atoms with Crippen molar-refractivity contribution in [3.63, 3.8) is 0 Å². The lowest BCUT2D eigenvalue weighted by atomic mass is 10.2. The lowest BCUT2D eigenvalue weighted by Crippen LogP contribution is -2.32. The summed E-state index contributed by atoms with van der Waals surface area (Å²) in [6.45, 7) is 3.56. The van der Waals surface area contributed by atoms with E-state index in [1.54, 1.807) is 43.5 Å². The number of nitrogens with one attached hydrogen (secondary N) is 1. The Balaban J connectivity index is 2.08.